The first kappa shape index (κ1) is 20.4. The van der Waals surface area contributed by atoms with Gasteiger partial charge in [0.1, 0.15) is 5.70 Å². The van der Waals surface area contributed by atoms with E-state index in [0.29, 0.717) is 17.0 Å². The first-order chi connectivity index (χ1) is 12.4. The topological polar surface area (TPSA) is 88.1 Å². The Labute approximate surface area is 146 Å². The monoisotopic (exact) mass is 400 g/mol. The lowest BCUT2D eigenvalue weighted by Gasteiger charge is -2.17. The van der Waals surface area contributed by atoms with Crippen molar-refractivity contribution >= 4 is 17.5 Å². The van der Waals surface area contributed by atoms with Crippen LogP contribution in [0.3, 0.4) is 0 Å². The highest BCUT2D eigenvalue weighted by atomic mass is 19.4. The van der Waals surface area contributed by atoms with Crippen LogP contribution in [0.25, 0.3) is 0 Å². The molecule has 2 amide bonds. The van der Waals surface area contributed by atoms with Crippen molar-refractivity contribution < 1.29 is 50.5 Å². The number of anilines is 1. The molecular weight excluding hydrogens is 390 g/mol. The van der Waals surface area contributed by atoms with Crippen LogP contribution in [0.15, 0.2) is 30.0 Å². The Morgan fingerprint density at radius 3 is 2.15 bits per heavy atom. The highest BCUT2D eigenvalue weighted by Crippen LogP contribution is 2.38. The van der Waals surface area contributed by atoms with Gasteiger partial charge in [0, 0.05) is 17.8 Å². The predicted octanol–water partition coefficient (Wildman–Crippen LogP) is 2.14. The molecule has 0 atom stereocenters. The lowest BCUT2D eigenvalue weighted by molar-refractivity contribution is -0.287. The number of benzene rings is 1. The second-order valence-corrected chi connectivity index (χ2v) is 4.96. The maximum absolute atomic E-state index is 12.4. The summed E-state index contributed by atoms with van der Waals surface area (Å²) in [6, 6.07) is 1.95. The molecular formula is C14H10F6N2O5. The molecule has 0 radical (unpaired) electrons. The Bertz CT molecular complexity index is 774. The Kier molecular flexibility index (Phi) is 5.54. The molecule has 1 aliphatic heterocycles. The normalized spacial score (nSPS) is 15.1. The zero-order valence-electron chi connectivity index (χ0n) is 13.0. The molecule has 0 bridgehead atoms. The van der Waals surface area contributed by atoms with E-state index in [9.17, 15) is 35.9 Å². The molecule has 1 aliphatic rings. The van der Waals surface area contributed by atoms with Crippen LogP contribution in [0.5, 0.6) is 11.5 Å². The van der Waals surface area contributed by atoms with Crippen LogP contribution in [0.2, 0.25) is 0 Å². The lowest BCUT2D eigenvalue weighted by atomic mass is 10.2. The van der Waals surface area contributed by atoms with E-state index in [1.54, 1.807) is 0 Å². The number of ether oxygens (including phenoxy) is 2. The van der Waals surface area contributed by atoms with Gasteiger partial charge in [-0.2, -0.15) is 0 Å². The molecule has 2 N–H and O–H groups in total. The summed E-state index contributed by atoms with van der Waals surface area (Å²) in [5.41, 5.74) is -0.627. The average Bonchev–Trinajstić information content (AvgIpc) is 2.75. The summed E-state index contributed by atoms with van der Waals surface area (Å²) in [7, 11) is 0. The average molecular weight is 400 g/mol. The highest BCUT2D eigenvalue weighted by Gasteiger charge is 2.37. The van der Waals surface area contributed by atoms with Crippen molar-refractivity contribution in [2.45, 2.75) is 12.7 Å². The number of carbonyl (C=O) groups is 2. The zero-order chi connectivity index (χ0) is 20.4. The second kappa shape index (κ2) is 7.34. The maximum atomic E-state index is 12.4. The van der Waals surface area contributed by atoms with Crippen LogP contribution in [0.4, 0.5) is 32.0 Å². The third-order valence-electron chi connectivity index (χ3n) is 3.01. The van der Waals surface area contributed by atoms with Crippen molar-refractivity contribution in [1.82, 2.24) is 4.90 Å². The van der Waals surface area contributed by atoms with Crippen LogP contribution in [0, 0.1) is 0 Å². The summed E-state index contributed by atoms with van der Waals surface area (Å²) in [5, 5.41) is 11.1. The number of carbonyl (C=O) groups excluding carboxylic acids is 2. The smallest absolute Gasteiger partial charge is 0.402 e. The number of halogens is 6. The number of alkyl halides is 6. The van der Waals surface area contributed by atoms with E-state index in [4.69, 9.17) is 5.11 Å². The molecule has 27 heavy (non-hydrogen) atoms. The fourth-order valence-electron chi connectivity index (χ4n) is 2.06. The number of nitrogens with one attached hydrogen (secondary N) is 1. The van der Waals surface area contributed by atoms with Gasteiger partial charge < -0.3 is 19.9 Å². The SMILES string of the molecule is O=C1C=C(Nc2ccc(OC(F)(F)F)c(OC(F)(F)F)c2)C(=O)N1CCO. The largest absolute Gasteiger partial charge is 0.573 e. The predicted molar refractivity (Wildman–Crippen MR) is 75.3 cm³/mol. The number of rotatable bonds is 6. The minimum atomic E-state index is -5.31. The molecule has 1 aromatic rings. The Balaban J connectivity index is 2.28. The number of hydrogen-bond acceptors (Lipinski definition) is 6. The van der Waals surface area contributed by atoms with Gasteiger partial charge >= 0.3 is 12.7 Å². The van der Waals surface area contributed by atoms with Gasteiger partial charge in [0.05, 0.1) is 13.2 Å². The Morgan fingerprint density at radius 2 is 1.59 bits per heavy atom. The van der Waals surface area contributed by atoms with Crippen molar-refractivity contribution in [3.05, 3.63) is 30.0 Å². The quantitative estimate of drug-likeness (QED) is 0.562. The van der Waals surface area contributed by atoms with Crippen LogP contribution in [-0.4, -0.2) is 47.7 Å². The third kappa shape index (κ3) is 5.51. The van der Waals surface area contributed by atoms with E-state index < -0.39 is 42.6 Å². The van der Waals surface area contributed by atoms with Gasteiger partial charge in [-0.1, -0.05) is 0 Å². The van der Waals surface area contributed by atoms with E-state index >= 15 is 0 Å². The molecule has 0 spiro atoms. The van der Waals surface area contributed by atoms with Crippen molar-refractivity contribution in [3.8, 4) is 11.5 Å². The minimum Gasteiger partial charge on any atom is -0.402 e. The summed E-state index contributed by atoms with van der Waals surface area (Å²) < 4.78 is 81.1. The van der Waals surface area contributed by atoms with E-state index in [2.05, 4.69) is 14.8 Å². The van der Waals surface area contributed by atoms with Gasteiger partial charge in [-0.15, -0.1) is 26.3 Å². The summed E-state index contributed by atoms with van der Waals surface area (Å²) in [6.45, 7) is -0.814. The Hall–Kier alpha value is -2.96. The molecule has 1 aromatic carbocycles. The molecule has 0 saturated carbocycles. The highest BCUT2D eigenvalue weighted by molar-refractivity contribution is 6.17. The van der Waals surface area contributed by atoms with E-state index in [-0.39, 0.29) is 17.9 Å². The van der Waals surface area contributed by atoms with Crippen LogP contribution < -0.4 is 14.8 Å². The van der Waals surface area contributed by atoms with Crippen molar-refractivity contribution in [2.24, 2.45) is 0 Å². The Morgan fingerprint density at radius 1 is 1.00 bits per heavy atom. The van der Waals surface area contributed by atoms with Gasteiger partial charge in [-0.3, -0.25) is 14.5 Å². The summed E-state index contributed by atoms with van der Waals surface area (Å²) in [4.78, 5) is 24.2. The standard InChI is InChI=1S/C14H10F6N2O5/c15-13(16,17)26-9-2-1-7(5-10(9)27-14(18,19)20)21-8-6-11(24)22(3-4-23)12(8)25/h1-2,5-6,21,23H,3-4H2. The number of nitrogens with zero attached hydrogens (tertiary/aromatic N) is 1. The van der Waals surface area contributed by atoms with E-state index in [0.717, 1.165) is 12.1 Å². The maximum Gasteiger partial charge on any atom is 0.573 e. The van der Waals surface area contributed by atoms with Gasteiger partial charge in [0.15, 0.2) is 11.5 Å². The molecule has 0 aromatic heterocycles. The fourth-order valence-corrected chi connectivity index (χ4v) is 2.06. The molecule has 7 nitrogen and oxygen atoms in total. The summed E-state index contributed by atoms with van der Waals surface area (Å²) in [6.07, 6.45) is -9.75. The molecule has 0 aliphatic carbocycles. The molecule has 13 heteroatoms. The number of amides is 2. The van der Waals surface area contributed by atoms with Gasteiger partial charge in [-0.05, 0) is 12.1 Å². The van der Waals surface area contributed by atoms with E-state index in [1.807, 2.05) is 0 Å². The number of aliphatic hydroxyl groups excluding tert-OH is 1. The molecule has 0 unspecified atom stereocenters. The van der Waals surface area contributed by atoms with Crippen LogP contribution in [0.1, 0.15) is 0 Å². The van der Waals surface area contributed by atoms with Crippen molar-refractivity contribution in [3.63, 3.8) is 0 Å². The van der Waals surface area contributed by atoms with Crippen LogP contribution >= 0.6 is 0 Å². The number of imide groups is 1. The number of β-amino-alcohol motifs (C(OH)–C–C–N with tert-alkyl or cyclic N) is 1. The minimum absolute atomic E-state index is 0.276. The third-order valence-corrected chi connectivity index (χ3v) is 3.01. The first-order valence-corrected chi connectivity index (χ1v) is 7.00. The van der Waals surface area contributed by atoms with Gasteiger partial charge in [0.2, 0.25) is 0 Å². The second-order valence-electron chi connectivity index (χ2n) is 4.96. The molecule has 1 heterocycles. The van der Waals surface area contributed by atoms with Gasteiger partial charge in [0.25, 0.3) is 11.8 Å². The van der Waals surface area contributed by atoms with Crippen molar-refractivity contribution in [2.75, 3.05) is 18.5 Å². The van der Waals surface area contributed by atoms with E-state index in [1.165, 1.54) is 0 Å². The van der Waals surface area contributed by atoms with Crippen LogP contribution in [-0.2, 0) is 9.59 Å². The zero-order valence-corrected chi connectivity index (χ0v) is 13.0. The number of aliphatic hydroxyl groups is 1. The van der Waals surface area contributed by atoms with Gasteiger partial charge in [-0.25, -0.2) is 0 Å². The first-order valence-electron chi connectivity index (χ1n) is 7.00. The molecule has 0 fully saturated rings. The number of hydrogen-bond donors (Lipinski definition) is 2. The fraction of sp³-hybridized carbons (Fsp3) is 0.286. The molecule has 2 rings (SSSR count). The lowest BCUT2D eigenvalue weighted by Crippen LogP contribution is -2.34. The van der Waals surface area contributed by atoms with Crippen molar-refractivity contribution in [1.29, 1.82) is 0 Å². The molecule has 148 valence electrons. The summed E-state index contributed by atoms with van der Waals surface area (Å²) >= 11 is 0. The molecule has 0 saturated heterocycles. The summed E-state index contributed by atoms with van der Waals surface area (Å²) in [5.74, 6) is -4.22.